The molecule has 0 spiro atoms. The van der Waals surface area contributed by atoms with Crippen LogP contribution in [0.25, 0.3) is 0 Å². The highest BCUT2D eigenvalue weighted by Gasteiger charge is 2.21. The van der Waals surface area contributed by atoms with E-state index >= 15 is 0 Å². The van der Waals surface area contributed by atoms with E-state index in [1.165, 1.54) is 0 Å². The summed E-state index contributed by atoms with van der Waals surface area (Å²) in [7, 11) is 0. The predicted molar refractivity (Wildman–Crippen MR) is 55.2 cm³/mol. The molecule has 0 saturated heterocycles. The van der Waals surface area contributed by atoms with Gasteiger partial charge in [0.15, 0.2) is 5.82 Å². The molecule has 5 heteroatoms. The van der Waals surface area contributed by atoms with Crippen molar-refractivity contribution < 1.29 is 0 Å². The van der Waals surface area contributed by atoms with E-state index in [9.17, 15) is 0 Å². The lowest BCUT2D eigenvalue weighted by molar-refractivity contribution is 0.458. The lowest BCUT2D eigenvalue weighted by Crippen LogP contribution is -2.19. The summed E-state index contributed by atoms with van der Waals surface area (Å²) in [5, 5.41) is 4.37. The van der Waals surface area contributed by atoms with Gasteiger partial charge in [0.1, 0.15) is 11.3 Å². The zero-order valence-corrected chi connectivity index (χ0v) is 9.04. The predicted octanol–water partition coefficient (Wildman–Crippen LogP) is 1.24. The second-order valence-electron chi connectivity index (χ2n) is 3.90. The summed E-state index contributed by atoms with van der Waals surface area (Å²) < 4.78 is 1.84. The molecule has 1 aromatic heterocycles. The van der Waals surface area contributed by atoms with Gasteiger partial charge >= 0.3 is 0 Å². The Bertz CT molecular complexity index is 321. The van der Waals surface area contributed by atoms with Crippen LogP contribution < -0.4 is 5.73 Å². The van der Waals surface area contributed by atoms with Crippen LogP contribution in [0, 0.1) is 0 Å². The zero-order chi connectivity index (χ0) is 10.1. The van der Waals surface area contributed by atoms with Gasteiger partial charge < -0.3 is 5.73 Å². The van der Waals surface area contributed by atoms with Crippen molar-refractivity contribution in [1.29, 1.82) is 0 Å². The fraction of sp³-hybridized carbons (Fsp3) is 0.778. The molecule has 0 saturated carbocycles. The highest BCUT2D eigenvalue weighted by molar-refractivity contribution is 6.19. The van der Waals surface area contributed by atoms with E-state index in [-0.39, 0.29) is 11.5 Å². The van der Waals surface area contributed by atoms with Crippen LogP contribution in [-0.2, 0) is 12.8 Å². The Hall–Kier alpha value is -0.610. The van der Waals surface area contributed by atoms with Crippen LogP contribution in [0.15, 0.2) is 0 Å². The quantitative estimate of drug-likeness (QED) is 0.754. The van der Waals surface area contributed by atoms with Gasteiger partial charge in [-0.1, -0.05) is 11.6 Å². The van der Waals surface area contributed by atoms with Gasteiger partial charge in [-0.25, -0.2) is 9.67 Å². The van der Waals surface area contributed by atoms with E-state index in [1.54, 1.807) is 0 Å². The Labute approximate surface area is 88.5 Å². The third-order valence-corrected chi connectivity index (χ3v) is 2.76. The van der Waals surface area contributed by atoms with E-state index in [2.05, 4.69) is 10.1 Å². The summed E-state index contributed by atoms with van der Waals surface area (Å²) in [6, 6.07) is 0.105. The first kappa shape index (κ1) is 9.93. The molecule has 2 N–H and O–H groups in total. The van der Waals surface area contributed by atoms with Crippen molar-refractivity contribution in [2.75, 3.05) is 0 Å². The Morgan fingerprint density at radius 1 is 1.71 bits per heavy atom. The molecule has 0 fully saturated rings. The molecular weight excluding hydrogens is 200 g/mol. The van der Waals surface area contributed by atoms with Crippen LogP contribution in [-0.4, -0.2) is 20.8 Å². The van der Waals surface area contributed by atoms with E-state index in [4.69, 9.17) is 17.3 Å². The molecule has 0 radical (unpaired) electrons. The van der Waals surface area contributed by atoms with Gasteiger partial charge in [0.25, 0.3) is 0 Å². The number of nitrogens with zero attached hydrogens (tertiary/aromatic N) is 3. The molecule has 78 valence electrons. The van der Waals surface area contributed by atoms with Gasteiger partial charge in [0.2, 0.25) is 0 Å². The number of halogens is 1. The van der Waals surface area contributed by atoms with Crippen LogP contribution in [0.3, 0.4) is 0 Å². The molecule has 0 aliphatic carbocycles. The number of nitrogens with two attached hydrogens (primary N) is 1. The number of aromatic nitrogens is 3. The first-order valence-electron chi connectivity index (χ1n) is 5.01. The summed E-state index contributed by atoms with van der Waals surface area (Å²) in [5.41, 5.74) is 5.67. The summed E-state index contributed by atoms with van der Waals surface area (Å²) in [6.07, 6.45) is 3.79. The van der Waals surface area contributed by atoms with Crippen molar-refractivity contribution in [3.8, 4) is 0 Å². The van der Waals surface area contributed by atoms with E-state index in [0.29, 0.717) is 0 Å². The minimum atomic E-state index is -0.0203. The summed E-state index contributed by atoms with van der Waals surface area (Å²) in [5.74, 6) is 1.83. The van der Waals surface area contributed by atoms with Crippen LogP contribution in [0.1, 0.15) is 36.9 Å². The Morgan fingerprint density at radius 3 is 3.14 bits per heavy atom. The van der Waals surface area contributed by atoms with Crippen LogP contribution in [0.5, 0.6) is 0 Å². The van der Waals surface area contributed by atoms with E-state index in [1.807, 2.05) is 11.6 Å². The second-order valence-corrected chi connectivity index (χ2v) is 4.40. The third kappa shape index (κ3) is 1.91. The number of aryl methyl sites for hydroxylation is 1. The van der Waals surface area contributed by atoms with Gasteiger partial charge in [0.05, 0.1) is 0 Å². The zero-order valence-electron chi connectivity index (χ0n) is 8.28. The monoisotopic (exact) mass is 214 g/mol. The van der Waals surface area contributed by atoms with Gasteiger partial charge in [0, 0.05) is 18.9 Å². The molecule has 1 aromatic rings. The molecule has 1 aliphatic heterocycles. The number of rotatable bonds is 2. The highest BCUT2D eigenvalue weighted by atomic mass is 35.5. The molecule has 1 aliphatic rings. The van der Waals surface area contributed by atoms with Crippen molar-refractivity contribution in [1.82, 2.24) is 14.8 Å². The molecule has 2 unspecified atom stereocenters. The van der Waals surface area contributed by atoms with E-state index < -0.39 is 0 Å². The van der Waals surface area contributed by atoms with E-state index in [0.717, 1.165) is 37.3 Å². The average Bonchev–Trinajstić information content (AvgIpc) is 2.47. The maximum absolute atomic E-state index is 6.13. The first-order chi connectivity index (χ1) is 6.66. The summed E-state index contributed by atoms with van der Waals surface area (Å²) >= 11 is 6.13. The largest absolute Gasteiger partial charge is 0.328 e. The van der Waals surface area contributed by atoms with Gasteiger partial charge in [-0.05, 0) is 19.8 Å². The molecule has 0 aromatic carbocycles. The highest BCUT2D eigenvalue weighted by Crippen LogP contribution is 2.26. The Morgan fingerprint density at radius 2 is 2.50 bits per heavy atom. The van der Waals surface area contributed by atoms with Crippen LogP contribution in [0.4, 0.5) is 0 Å². The Kier molecular flexibility index (Phi) is 2.74. The fourth-order valence-corrected chi connectivity index (χ4v) is 2.04. The average molecular weight is 215 g/mol. The maximum Gasteiger partial charge on any atom is 0.152 e. The first-order valence-corrected chi connectivity index (χ1v) is 5.44. The molecular formula is C9H15ClN4. The van der Waals surface area contributed by atoms with Crippen LogP contribution in [0.2, 0.25) is 0 Å². The normalized spacial score (nSPS) is 23.2. The van der Waals surface area contributed by atoms with Crippen molar-refractivity contribution in [2.45, 2.75) is 44.1 Å². The molecule has 4 nitrogen and oxygen atoms in total. The lowest BCUT2D eigenvalue weighted by atomic mass is 10.2. The van der Waals surface area contributed by atoms with Gasteiger partial charge in [-0.2, -0.15) is 5.10 Å². The number of hydrogen-bond donors (Lipinski definition) is 1. The number of fused-ring (bicyclic) bond motifs is 1. The minimum Gasteiger partial charge on any atom is -0.328 e. The lowest BCUT2D eigenvalue weighted by Gasteiger charge is -2.16. The van der Waals surface area contributed by atoms with Crippen molar-refractivity contribution in [3.63, 3.8) is 0 Å². The molecule has 0 bridgehead atoms. The van der Waals surface area contributed by atoms with Crippen molar-refractivity contribution >= 4 is 11.6 Å². The Balaban J connectivity index is 2.21. The molecule has 2 rings (SSSR count). The molecule has 2 atom stereocenters. The topological polar surface area (TPSA) is 56.7 Å². The van der Waals surface area contributed by atoms with Crippen molar-refractivity contribution in [2.24, 2.45) is 5.73 Å². The molecule has 14 heavy (non-hydrogen) atoms. The molecule has 0 amide bonds. The van der Waals surface area contributed by atoms with Crippen molar-refractivity contribution in [3.05, 3.63) is 11.6 Å². The smallest absolute Gasteiger partial charge is 0.152 e. The van der Waals surface area contributed by atoms with Crippen LogP contribution >= 0.6 is 11.6 Å². The number of alkyl halides is 1. The molecule has 2 heterocycles. The summed E-state index contributed by atoms with van der Waals surface area (Å²) in [4.78, 5) is 4.43. The van der Waals surface area contributed by atoms with Gasteiger partial charge in [-0.3, -0.25) is 0 Å². The number of hydrogen-bond acceptors (Lipinski definition) is 3. The van der Waals surface area contributed by atoms with Gasteiger partial charge in [-0.15, -0.1) is 0 Å². The SMILES string of the molecule is CC(N)Cc1nc2n(n1)C(Cl)CCC2. The third-order valence-electron chi connectivity index (χ3n) is 2.36. The maximum atomic E-state index is 6.13. The second kappa shape index (κ2) is 3.87. The standard InChI is InChI=1S/C9H15ClN4/c1-6(11)5-8-12-9-4-2-3-7(10)14(9)13-8/h6-7H,2-5,11H2,1H3. The fourth-order valence-electron chi connectivity index (χ4n) is 1.72. The summed E-state index contributed by atoms with van der Waals surface area (Å²) in [6.45, 7) is 1.96. The minimum absolute atomic E-state index is 0.0203.